The molecule has 0 saturated heterocycles. The molecule has 0 atom stereocenters. The van der Waals surface area contributed by atoms with E-state index in [4.69, 9.17) is 5.73 Å². The molecule has 1 aromatic carbocycles. The van der Waals surface area contributed by atoms with Gasteiger partial charge in [0.05, 0.1) is 6.54 Å². The third-order valence-electron chi connectivity index (χ3n) is 3.77. The standard InChI is InChI=1S/C18H26N2O/c1-4-15(5-2)14-20(6-3)18(21)17-11-9-16(10-12-17)8-7-13-19/h9-12,15H,4-6,13-14,19H2,1-3H3. The predicted molar refractivity (Wildman–Crippen MR) is 88.0 cm³/mol. The first kappa shape index (κ1) is 17.3. The van der Waals surface area contributed by atoms with Crippen molar-refractivity contribution < 1.29 is 4.79 Å². The third-order valence-corrected chi connectivity index (χ3v) is 3.77. The van der Waals surface area contributed by atoms with Crippen LogP contribution in [0, 0.1) is 17.8 Å². The van der Waals surface area contributed by atoms with Crippen molar-refractivity contribution in [2.45, 2.75) is 33.6 Å². The van der Waals surface area contributed by atoms with E-state index < -0.39 is 0 Å². The second-order valence-corrected chi connectivity index (χ2v) is 5.11. The molecule has 0 bridgehead atoms. The van der Waals surface area contributed by atoms with Crippen LogP contribution in [0.4, 0.5) is 0 Å². The number of benzene rings is 1. The van der Waals surface area contributed by atoms with Gasteiger partial charge in [-0.2, -0.15) is 0 Å². The van der Waals surface area contributed by atoms with Gasteiger partial charge in [-0.15, -0.1) is 0 Å². The van der Waals surface area contributed by atoms with E-state index in [-0.39, 0.29) is 5.91 Å². The number of hydrogen-bond donors (Lipinski definition) is 1. The summed E-state index contributed by atoms with van der Waals surface area (Å²) in [5.41, 5.74) is 6.96. The van der Waals surface area contributed by atoms with Gasteiger partial charge in [-0.1, -0.05) is 38.5 Å². The van der Waals surface area contributed by atoms with Crippen LogP contribution in [0.25, 0.3) is 0 Å². The van der Waals surface area contributed by atoms with Crippen LogP contribution in [0.2, 0.25) is 0 Å². The average molecular weight is 286 g/mol. The fourth-order valence-electron chi connectivity index (χ4n) is 2.25. The number of nitrogens with zero attached hydrogens (tertiary/aromatic N) is 1. The van der Waals surface area contributed by atoms with Crippen LogP contribution >= 0.6 is 0 Å². The van der Waals surface area contributed by atoms with E-state index in [9.17, 15) is 4.79 Å². The molecule has 2 N–H and O–H groups in total. The lowest BCUT2D eigenvalue weighted by Crippen LogP contribution is -2.35. The Labute approximate surface area is 128 Å². The Kier molecular flexibility index (Phi) is 7.56. The van der Waals surface area contributed by atoms with Gasteiger partial charge in [-0.05, 0) is 37.1 Å². The van der Waals surface area contributed by atoms with Crippen LogP contribution < -0.4 is 5.73 Å². The lowest BCUT2D eigenvalue weighted by molar-refractivity contribution is 0.0735. The predicted octanol–water partition coefficient (Wildman–Crippen LogP) is 2.90. The highest BCUT2D eigenvalue weighted by Gasteiger charge is 2.17. The Morgan fingerprint density at radius 1 is 1.19 bits per heavy atom. The highest BCUT2D eigenvalue weighted by atomic mass is 16.2. The molecule has 0 aliphatic rings. The van der Waals surface area contributed by atoms with Crippen LogP contribution in [0.5, 0.6) is 0 Å². The van der Waals surface area contributed by atoms with Crippen LogP contribution in [0.1, 0.15) is 49.5 Å². The van der Waals surface area contributed by atoms with E-state index in [1.54, 1.807) is 0 Å². The monoisotopic (exact) mass is 286 g/mol. The van der Waals surface area contributed by atoms with E-state index >= 15 is 0 Å². The molecular weight excluding hydrogens is 260 g/mol. The van der Waals surface area contributed by atoms with Crippen molar-refractivity contribution in [2.75, 3.05) is 19.6 Å². The topological polar surface area (TPSA) is 46.3 Å². The van der Waals surface area contributed by atoms with Gasteiger partial charge in [0.2, 0.25) is 0 Å². The van der Waals surface area contributed by atoms with Crippen molar-refractivity contribution in [3.05, 3.63) is 35.4 Å². The summed E-state index contributed by atoms with van der Waals surface area (Å²) in [6, 6.07) is 7.44. The van der Waals surface area contributed by atoms with Crippen molar-refractivity contribution in [1.82, 2.24) is 4.90 Å². The van der Waals surface area contributed by atoms with Crippen LogP contribution in [0.3, 0.4) is 0 Å². The normalized spacial score (nSPS) is 10.1. The second-order valence-electron chi connectivity index (χ2n) is 5.11. The zero-order valence-corrected chi connectivity index (χ0v) is 13.4. The first-order valence-corrected chi connectivity index (χ1v) is 7.74. The van der Waals surface area contributed by atoms with E-state index in [1.165, 1.54) is 0 Å². The number of amides is 1. The molecule has 0 radical (unpaired) electrons. The minimum absolute atomic E-state index is 0.0998. The zero-order valence-electron chi connectivity index (χ0n) is 13.4. The fourth-order valence-corrected chi connectivity index (χ4v) is 2.25. The number of rotatable bonds is 6. The van der Waals surface area contributed by atoms with Gasteiger partial charge in [0.15, 0.2) is 0 Å². The summed E-state index contributed by atoms with van der Waals surface area (Å²) in [6.45, 7) is 8.30. The van der Waals surface area contributed by atoms with Gasteiger partial charge < -0.3 is 10.6 Å². The quantitative estimate of drug-likeness (QED) is 0.817. The van der Waals surface area contributed by atoms with Crippen molar-refractivity contribution in [3.8, 4) is 11.8 Å². The molecule has 1 amide bonds. The van der Waals surface area contributed by atoms with E-state index in [0.717, 1.165) is 37.1 Å². The molecule has 1 aromatic rings. The Bertz CT molecular complexity index is 492. The summed E-state index contributed by atoms with van der Waals surface area (Å²) in [7, 11) is 0. The molecule has 1 rings (SSSR count). The minimum Gasteiger partial charge on any atom is -0.339 e. The number of nitrogens with two attached hydrogens (primary N) is 1. The summed E-state index contributed by atoms with van der Waals surface area (Å²) in [5.74, 6) is 6.45. The number of carbonyl (C=O) groups is 1. The largest absolute Gasteiger partial charge is 0.339 e. The van der Waals surface area contributed by atoms with Gasteiger partial charge in [0.1, 0.15) is 0 Å². The Morgan fingerprint density at radius 2 is 1.81 bits per heavy atom. The van der Waals surface area contributed by atoms with E-state index in [0.29, 0.717) is 12.5 Å². The zero-order chi connectivity index (χ0) is 15.7. The van der Waals surface area contributed by atoms with Crippen LogP contribution in [0.15, 0.2) is 24.3 Å². The average Bonchev–Trinajstić information content (AvgIpc) is 2.54. The summed E-state index contributed by atoms with van der Waals surface area (Å²) < 4.78 is 0. The molecule has 0 unspecified atom stereocenters. The van der Waals surface area contributed by atoms with Gasteiger partial charge in [-0.25, -0.2) is 0 Å². The third kappa shape index (κ3) is 5.24. The maximum absolute atomic E-state index is 12.5. The lowest BCUT2D eigenvalue weighted by atomic mass is 10.0. The van der Waals surface area contributed by atoms with Crippen molar-refractivity contribution >= 4 is 5.91 Å². The first-order valence-electron chi connectivity index (χ1n) is 7.74. The van der Waals surface area contributed by atoms with Crippen LogP contribution in [-0.4, -0.2) is 30.4 Å². The maximum Gasteiger partial charge on any atom is 0.253 e. The molecule has 0 aromatic heterocycles. The van der Waals surface area contributed by atoms with Gasteiger partial charge >= 0.3 is 0 Å². The molecule has 0 spiro atoms. The molecule has 0 aliphatic carbocycles. The molecule has 0 heterocycles. The Balaban J connectivity index is 2.80. The lowest BCUT2D eigenvalue weighted by Gasteiger charge is -2.25. The Hall–Kier alpha value is -1.79. The van der Waals surface area contributed by atoms with Crippen molar-refractivity contribution in [3.63, 3.8) is 0 Å². The SMILES string of the molecule is CCC(CC)CN(CC)C(=O)c1ccc(C#CCN)cc1. The molecule has 0 fully saturated rings. The minimum atomic E-state index is 0.0998. The van der Waals surface area contributed by atoms with Gasteiger partial charge in [0.25, 0.3) is 5.91 Å². The highest BCUT2D eigenvalue weighted by molar-refractivity contribution is 5.94. The van der Waals surface area contributed by atoms with E-state index in [2.05, 4.69) is 25.7 Å². The van der Waals surface area contributed by atoms with Crippen molar-refractivity contribution in [1.29, 1.82) is 0 Å². The molecule has 0 saturated carbocycles. The van der Waals surface area contributed by atoms with E-state index in [1.807, 2.05) is 36.1 Å². The number of carbonyl (C=O) groups excluding carboxylic acids is 1. The van der Waals surface area contributed by atoms with Crippen LogP contribution in [-0.2, 0) is 0 Å². The van der Waals surface area contributed by atoms with Gasteiger partial charge in [-0.3, -0.25) is 4.79 Å². The highest BCUT2D eigenvalue weighted by Crippen LogP contribution is 2.13. The molecule has 3 heteroatoms. The molecular formula is C18H26N2O. The fraction of sp³-hybridized carbons (Fsp3) is 0.500. The van der Waals surface area contributed by atoms with Crippen molar-refractivity contribution in [2.24, 2.45) is 11.7 Å². The summed E-state index contributed by atoms with van der Waals surface area (Å²) in [5, 5.41) is 0. The molecule has 0 aliphatic heterocycles. The first-order chi connectivity index (χ1) is 10.2. The second kappa shape index (κ2) is 9.20. The molecule has 3 nitrogen and oxygen atoms in total. The molecule has 21 heavy (non-hydrogen) atoms. The maximum atomic E-state index is 12.5. The Morgan fingerprint density at radius 3 is 2.29 bits per heavy atom. The summed E-state index contributed by atoms with van der Waals surface area (Å²) in [4.78, 5) is 14.5. The summed E-state index contributed by atoms with van der Waals surface area (Å²) >= 11 is 0. The smallest absolute Gasteiger partial charge is 0.253 e. The summed E-state index contributed by atoms with van der Waals surface area (Å²) in [6.07, 6.45) is 2.21. The number of hydrogen-bond acceptors (Lipinski definition) is 2. The van der Waals surface area contributed by atoms with Gasteiger partial charge in [0, 0.05) is 24.2 Å². The molecule has 114 valence electrons.